The van der Waals surface area contributed by atoms with Gasteiger partial charge < -0.3 is 5.32 Å². The monoisotopic (exact) mass is 238 g/mol. The first-order valence-corrected chi connectivity index (χ1v) is 7.86. The highest BCUT2D eigenvalue weighted by Crippen LogP contribution is 2.30. The normalized spacial score (nSPS) is 34.9. The Balaban J connectivity index is 0.000000514. The van der Waals surface area contributed by atoms with Crippen LogP contribution in [0, 0.1) is 11.8 Å². The van der Waals surface area contributed by atoms with Gasteiger partial charge >= 0.3 is 0 Å². The molecule has 0 spiro atoms. The van der Waals surface area contributed by atoms with Gasteiger partial charge in [0.1, 0.15) is 0 Å². The molecule has 0 aromatic rings. The summed E-state index contributed by atoms with van der Waals surface area (Å²) < 4.78 is 0. The van der Waals surface area contributed by atoms with Gasteiger partial charge in [-0.05, 0) is 44.2 Å². The number of nitrogens with zero attached hydrogens (tertiary/aromatic N) is 1. The molecule has 1 aliphatic carbocycles. The van der Waals surface area contributed by atoms with Crippen LogP contribution < -0.4 is 5.32 Å². The van der Waals surface area contributed by atoms with E-state index in [1.807, 2.05) is 13.8 Å². The average molecular weight is 238 g/mol. The number of likely N-dealkylation sites (tertiary alicyclic amines) is 1. The van der Waals surface area contributed by atoms with E-state index in [-0.39, 0.29) is 0 Å². The molecule has 3 aliphatic rings. The van der Waals surface area contributed by atoms with Gasteiger partial charge in [-0.1, -0.05) is 33.1 Å². The molecule has 1 saturated carbocycles. The van der Waals surface area contributed by atoms with Crippen LogP contribution in [0.1, 0.15) is 52.4 Å². The van der Waals surface area contributed by atoms with Crippen molar-refractivity contribution < 1.29 is 0 Å². The smallest absolute Gasteiger partial charge is 0.00955 e. The predicted molar refractivity (Wildman–Crippen MR) is 74.3 cm³/mol. The SMILES string of the molecule is C1CCC(N2CC3CNCC(C3)C2)CC1.CC. The minimum absolute atomic E-state index is 0.946. The molecule has 2 unspecified atom stereocenters. The van der Waals surface area contributed by atoms with Gasteiger partial charge in [0.2, 0.25) is 0 Å². The molecule has 2 heteroatoms. The van der Waals surface area contributed by atoms with E-state index < -0.39 is 0 Å². The summed E-state index contributed by atoms with van der Waals surface area (Å²) in [6.45, 7) is 9.32. The molecule has 17 heavy (non-hydrogen) atoms. The van der Waals surface area contributed by atoms with Gasteiger partial charge in [-0.25, -0.2) is 0 Å². The van der Waals surface area contributed by atoms with Crippen LogP contribution in [0.25, 0.3) is 0 Å². The molecule has 0 amide bonds. The Labute approximate surface area is 107 Å². The van der Waals surface area contributed by atoms with Crippen LogP contribution in [0.5, 0.6) is 0 Å². The van der Waals surface area contributed by atoms with Crippen LogP contribution in [0.3, 0.4) is 0 Å². The Morgan fingerprint density at radius 3 is 2.06 bits per heavy atom. The average Bonchev–Trinajstić information content (AvgIpc) is 2.41. The fraction of sp³-hybridized carbons (Fsp3) is 1.00. The van der Waals surface area contributed by atoms with Crippen LogP contribution in [-0.2, 0) is 0 Å². The van der Waals surface area contributed by atoms with Gasteiger partial charge in [0, 0.05) is 19.1 Å². The molecule has 0 radical (unpaired) electrons. The van der Waals surface area contributed by atoms with Crippen molar-refractivity contribution in [1.29, 1.82) is 0 Å². The predicted octanol–water partition coefficient (Wildman–Crippen LogP) is 2.89. The Morgan fingerprint density at radius 1 is 0.882 bits per heavy atom. The molecule has 100 valence electrons. The van der Waals surface area contributed by atoms with Crippen LogP contribution in [0.15, 0.2) is 0 Å². The molecular formula is C15H30N2. The van der Waals surface area contributed by atoms with E-state index in [1.165, 1.54) is 64.7 Å². The number of hydrogen-bond acceptors (Lipinski definition) is 2. The quantitative estimate of drug-likeness (QED) is 0.755. The lowest BCUT2D eigenvalue weighted by molar-refractivity contribution is 0.0480. The third-order valence-electron chi connectivity index (χ3n) is 4.61. The van der Waals surface area contributed by atoms with Crippen molar-refractivity contribution in [3.05, 3.63) is 0 Å². The Kier molecular flexibility index (Phi) is 5.30. The zero-order valence-corrected chi connectivity index (χ0v) is 11.8. The summed E-state index contributed by atoms with van der Waals surface area (Å²) in [4.78, 5) is 2.83. The third-order valence-corrected chi connectivity index (χ3v) is 4.61. The second-order valence-electron chi connectivity index (χ2n) is 5.87. The molecule has 0 aromatic heterocycles. The van der Waals surface area contributed by atoms with E-state index in [0.717, 1.165) is 17.9 Å². The highest BCUT2D eigenvalue weighted by atomic mass is 15.2. The van der Waals surface area contributed by atoms with Crippen LogP contribution in [0.4, 0.5) is 0 Å². The van der Waals surface area contributed by atoms with Crippen molar-refractivity contribution in [3.8, 4) is 0 Å². The fourth-order valence-electron chi connectivity index (χ4n) is 3.89. The summed E-state index contributed by atoms with van der Waals surface area (Å²) in [6.07, 6.45) is 8.90. The molecule has 2 bridgehead atoms. The third kappa shape index (κ3) is 3.45. The molecule has 2 heterocycles. The second-order valence-corrected chi connectivity index (χ2v) is 5.87. The number of piperidine rings is 2. The molecule has 3 rings (SSSR count). The maximum atomic E-state index is 3.58. The molecular weight excluding hydrogens is 208 g/mol. The summed E-state index contributed by atoms with van der Waals surface area (Å²) in [5.74, 6) is 1.92. The summed E-state index contributed by atoms with van der Waals surface area (Å²) >= 11 is 0. The van der Waals surface area contributed by atoms with Gasteiger partial charge in [-0.2, -0.15) is 0 Å². The lowest BCUT2D eigenvalue weighted by Crippen LogP contribution is -2.54. The van der Waals surface area contributed by atoms with Crippen molar-refractivity contribution in [3.63, 3.8) is 0 Å². The first-order valence-electron chi connectivity index (χ1n) is 7.86. The zero-order chi connectivity index (χ0) is 12.1. The minimum Gasteiger partial charge on any atom is -0.316 e. The largest absolute Gasteiger partial charge is 0.316 e. The van der Waals surface area contributed by atoms with E-state index in [9.17, 15) is 0 Å². The molecule has 2 atom stereocenters. The number of fused-ring (bicyclic) bond motifs is 2. The van der Waals surface area contributed by atoms with Crippen molar-refractivity contribution in [1.82, 2.24) is 10.2 Å². The first kappa shape index (κ1) is 13.4. The lowest BCUT2D eigenvalue weighted by atomic mass is 9.83. The van der Waals surface area contributed by atoms with E-state index in [4.69, 9.17) is 0 Å². The second kappa shape index (κ2) is 6.75. The number of hydrogen-bond donors (Lipinski definition) is 1. The van der Waals surface area contributed by atoms with Gasteiger partial charge in [0.25, 0.3) is 0 Å². The molecule has 2 nitrogen and oxygen atoms in total. The van der Waals surface area contributed by atoms with E-state index in [2.05, 4.69) is 10.2 Å². The zero-order valence-electron chi connectivity index (χ0n) is 11.8. The molecule has 2 aliphatic heterocycles. The van der Waals surface area contributed by atoms with Crippen molar-refractivity contribution >= 4 is 0 Å². The minimum atomic E-state index is 0.946. The molecule has 1 N–H and O–H groups in total. The lowest BCUT2D eigenvalue weighted by Gasteiger charge is -2.46. The first-order chi connectivity index (χ1) is 8.42. The van der Waals surface area contributed by atoms with Gasteiger partial charge in [0.05, 0.1) is 0 Å². The fourth-order valence-corrected chi connectivity index (χ4v) is 3.89. The highest BCUT2D eigenvalue weighted by Gasteiger charge is 2.33. The van der Waals surface area contributed by atoms with Crippen molar-refractivity contribution in [2.24, 2.45) is 11.8 Å². The Bertz CT molecular complexity index is 199. The van der Waals surface area contributed by atoms with E-state index in [0.29, 0.717) is 0 Å². The van der Waals surface area contributed by atoms with Crippen molar-refractivity contribution in [2.45, 2.75) is 58.4 Å². The number of rotatable bonds is 1. The van der Waals surface area contributed by atoms with Gasteiger partial charge in [-0.3, -0.25) is 4.90 Å². The maximum Gasteiger partial charge on any atom is 0.00955 e. The topological polar surface area (TPSA) is 15.3 Å². The van der Waals surface area contributed by atoms with Crippen LogP contribution in [0.2, 0.25) is 0 Å². The van der Waals surface area contributed by atoms with Gasteiger partial charge in [0.15, 0.2) is 0 Å². The van der Waals surface area contributed by atoms with E-state index >= 15 is 0 Å². The van der Waals surface area contributed by atoms with Crippen LogP contribution in [-0.4, -0.2) is 37.1 Å². The van der Waals surface area contributed by atoms with Crippen LogP contribution >= 0.6 is 0 Å². The van der Waals surface area contributed by atoms with E-state index in [1.54, 1.807) is 0 Å². The molecule has 0 aromatic carbocycles. The molecule has 3 fully saturated rings. The summed E-state index contributed by atoms with van der Waals surface area (Å²) in [5, 5.41) is 3.58. The highest BCUT2D eigenvalue weighted by molar-refractivity contribution is 4.89. The standard InChI is InChI=1S/C13H24N2.C2H6/c1-2-4-13(5-3-1)15-9-11-6-12(10-15)8-14-7-11;1-2/h11-14H,1-10H2;1-2H3. The summed E-state index contributed by atoms with van der Waals surface area (Å²) in [6, 6.07) is 0.946. The van der Waals surface area contributed by atoms with Crippen molar-refractivity contribution in [2.75, 3.05) is 26.2 Å². The maximum absolute atomic E-state index is 3.58. The van der Waals surface area contributed by atoms with Gasteiger partial charge in [-0.15, -0.1) is 0 Å². The Hall–Kier alpha value is -0.0800. The Morgan fingerprint density at radius 2 is 1.47 bits per heavy atom. The summed E-state index contributed by atoms with van der Waals surface area (Å²) in [5.41, 5.74) is 0. The summed E-state index contributed by atoms with van der Waals surface area (Å²) in [7, 11) is 0. The number of nitrogens with one attached hydrogen (secondary N) is 1. The molecule has 2 saturated heterocycles.